The maximum absolute atomic E-state index is 10.9. The van der Waals surface area contributed by atoms with Gasteiger partial charge in [0.1, 0.15) is 17.7 Å². The highest BCUT2D eigenvalue weighted by molar-refractivity contribution is 5.90. The Bertz CT molecular complexity index is 685. The van der Waals surface area contributed by atoms with Crippen molar-refractivity contribution in [2.24, 2.45) is 0 Å². The standard InChI is InChI=1S/C13H14N4O4/c18-13(3-4-21-7-13)6-14-12-10-5-9(17(19)20)1-2-11(10)15-8-16-12/h1-2,5,8,18H,3-4,6-7H2,(H,14,15,16). The van der Waals surface area contributed by atoms with E-state index in [1.807, 2.05) is 0 Å². The Labute approximate surface area is 119 Å². The number of benzene rings is 1. The molecule has 0 aliphatic carbocycles. The summed E-state index contributed by atoms with van der Waals surface area (Å²) in [6.45, 7) is 1.05. The zero-order chi connectivity index (χ0) is 14.9. The van der Waals surface area contributed by atoms with Crippen LogP contribution in [0.2, 0.25) is 0 Å². The zero-order valence-corrected chi connectivity index (χ0v) is 11.2. The van der Waals surface area contributed by atoms with Gasteiger partial charge in [-0.1, -0.05) is 0 Å². The third-order valence-electron chi connectivity index (χ3n) is 3.50. The summed E-state index contributed by atoms with van der Waals surface area (Å²) in [6, 6.07) is 4.40. The molecule has 110 valence electrons. The van der Waals surface area contributed by atoms with E-state index in [-0.39, 0.29) is 18.8 Å². The van der Waals surface area contributed by atoms with E-state index in [1.165, 1.54) is 18.5 Å². The number of aliphatic hydroxyl groups is 1. The molecule has 0 spiro atoms. The van der Waals surface area contributed by atoms with Gasteiger partial charge in [-0.15, -0.1) is 0 Å². The van der Waals surface area contributed by atoms with Crippen molar-refractivity contribution in [2.45, 2.75) is 12.0 Å². The number of nitro benzene ring substituents is 1. The largest absolute Gasteiger partial charge is 0.386 e. The Balaban J connectivity index is 1.90. The molecule has 1 saturated heterocycles. The number of aromatic nitrogens is 2. The quantitative estimate of drug-likeness (QED) is 0.640. The van der Waals surface area contributed by atoms with E-state index < -0.39 is 10.5 Å². The van der Waals surface area contributed by atoms with Crippen LogP contribution >= 0.6 is 0 Å². The molecule has 1 atom stereocenters. The van der Waals surface area contributed by atoms with Gasteiger partial charge in [-0.2, -0.15) is 0 Å². The average molecular weight is 290 g/mol. The van der Waals surface area contributed by atoms with Gasteiger partial charge in [-0.3, -0.25) is 10.1 Å². The lowest BCUT2D eigenvalue weighted by atomic mass is 10.0. The average Bonchev–Trinajstić information content (AvgIpc) is 2.91. The fraction of sp³-hybridized carbons (Fsp3) is 0.385. The molecule has 21 heavy (non-hydrogen) atoms. The van der Waals surface area contributed by atoms with E-state index >= 15 is 0 Å². The molecule has 1 aliphatic heterocycles. The number of nitro groups is 1. The van der Waals surface area contributed by atoms with Crippen LogP contribution in [-0.4, -0.2) is 45.4 Å². The lowest BCUT2D eigenvalue weighted by Gasteiger charge is -2.21. The fourth-order valence-corrected chi connectivity index (χ4v) is 2.28. The normalized spacial score (nSPS) is 21.6. The van der Waals surface area contributed by atoms with Crippen molar-refractivity contribution in [3.05, 3.63) is 34.6 Å². The summed E-state index contributed by atoms with van der Waals surface area (Å²) in [5, 5.41) is 24.7. The predicted octanol–water partition coefficient (Wildman–Crippen LogP) is 1.10. The van der Waals surface area contributed by atoms with E-state index in [2.05, 4.69) is 15.3 Å². The van der Waals surface area contributed by atoms with E-state index in [4.69, 9.17) is 4.74 Å². The lowest BCUT2D eigenvalue weighted by molar-refractivity contribution is -0.384. The van der Waals surface area contributed by atoms with Crippen LogP contribution in [0.15, 0.2) is 24.5 Å². The number of ether oxygens (including phenoxy) is 1. The first-order valence-electron chi connectivity index (χ1n) is 6.51. The van der Waals surface area contributed by atoms with Crippen molar-refractivity contribution in [1.82, 2.24) is 9.97 Å². The molecule has 2 heterocycles. The molecular formula is C13H14N4O4. The second kappa shape index (κ2) is 5.23. The summed E-state index contributed by atoms with van der Waals surface area (Å²) in [7, 11) is 0. The summed E-state index contributed by atoms with van der Waals surface area (Å²) in [6.07, 6.45) is 1.93. The number of anilines is 1. The minimum atomic E-state index is -0.933. The number of rotatable bonds is 4. The maximum Gasteiger partial charge on any atom is 0.270 e. The van der Waals surface area contributed by atoms with Crippen LogP contribution in [0, 0.1) is 10.1 Å². The van der Waals surface area contributed by atoms with Gasteiger partial charge in [0.05, 0.1) is 17.0 Å². The van der Waals surface area contributed by atoms with Gasteiger partial charge >= 0.3 is 0 Å². The summed E-state index contributed by atoms with van der Waals surface area (Å²) in [5.74, 6) is 0.462. The topological polar surface area (TPSA) is 110 Å². The Morgan fingerprint density at radius 2 is 2.33 bits per heavy atom. The first-order chi connectivity index (χ1) is 10.1. The van der Waals surface area contributed by atoms with Gasteiger partial charge in [0.2, 0.25) is 0 Å². The van der Waals surface area contributed by atoms with E-state index in [0.29, 0.717) is 29.7 Å². The minimum absolute atomic E-state index is 0.0248. The van der Waals surface area contributed by atoms with Gasteiger partial charge in [0.25, 0.3) is 5.69 Å². The van der Waals surface area contributed by atoms with Crippen LogP contribution in [0.25, 0.3) is 10.9 Å². The van der Waals surface area contributed by atoms with Gasteiger partial charge in [-0.25, -0.2) is 9.97 Å². The smallest absolute Gasteiger partial charge is 0.270 e. The maximum atomic E-state index is 10.9. The highest BCUT2D eigenvalue weighted by atomic mass is 16.6. The molecule has 1 aliphatic rings. The molecule has 0 amide bonds. The molecule has 8 heteroatoms. The third-order valence-corrected chi connectivity index (χ3v) is 3.50. The van der Waals surface area contributed by atoms with Crippen molar-refractivity contribution in [3.63, 3.8) is 0 Å². The Morgan fingerprint density at radius 1 is 1.48 bits per heavy atom. The molecule has 1 unspecified atom stereocenters. The molecule has 0 saturated carbocycles. The Hall–Kier alpha value is -2.32. The Morgan fingerprint density at radius 3 is 3.05 bits per heavy atom. The summed E-state index contributed by atoms with van der Waals surface area (Å²) < 4.78 is 5.17. The SMILES string of the molecule is O=[N+]([O-])c1ccc2ncnc(NCC3(O)CCOC3)c2c1. The summed E-state index contributed by atoms with van der Waals surface area (Å²) >= 11 is 0. The highest BCUT2D eigenvalue weighted by Crippen LogP contribution is 2.25. The third kappa shape index (κ3) is 2.76. The number of hydrogen-bond donors (Lipinski definition) is 2. The zero-order valence-electron chi connectivity index (χ0n) is 11.2. The molecule has 3 rings (SSSR count). The van der Waals surface area contributed by atoms with Crippen molar-refractivity contribution >= 4 is 22.4 Å². The molecule has 1 aromatic heterocycles. The monoisotopic (exact) mass is 290 g/mol. The van der Waals surface area contributed by atoms with Crippen LogP contribution in [-0.2, 0) is 4.74 Å². The lowest BCUT2D eigenvalue weighted by Crippen LogP contribution is -2.37. The van der Waals surface area contributed by atoms with Crippen LogP contribution in [0.3, 0.4) is 0 Å². The molecule has 2 N–H and O–H groups in total. The molecule has 0 bridgehead atoms. The van der Waals surface area contributed by atoms with Crippen LogP contribution in [0.5, 0.6) is 0 Å². The second-order valence-corrected chi connectivity index (χ2v) is 5.06. The number of fused-ring (bicyclic) bond motifs is 1. The molecule has 1 aromatic carbocycles. The minimum Gasteiger partial charge on any atom is -0.386 e. The van der Waals surface area contributed by atoms with Gasteiger partial charge < -0.3 is 15.2 Å². The number of nitrogens with zero attached hydrogens (tertiary/aromatic N) is 3. The van der Waals surface area contributed by atoms with Gasteiger partial charge in [-0.05, 0) is 6.07 Å². The van der Waals surface area contributed by atoms with Crippen LogP contribution in [0.4, 0.5) is 11.5 Å². The van der Waals surface area contributed by atoms with Crippen molar-refractivity contribution in [1.29, 1.82) is 0 Å². The predicted molar refractivity (Wildman–Crippen MR) is 75.1 cm³/mol. The number of hydrogen-bond acceptors (Lipinski definition) is 7. The first-order valence-corrected chi connectivity index (χ1v) is 6.51. The molecule has 0 radical (unpaired) electrons. The summed E-state index contributed by atoms with van der Waals surface area (Å²) in [5.41, 5.74) is -0.353. The van der Waals surface area contributed by atoms with Gasteiger partial charge in [0.15, 0.2) is 0 Å². The summed E-state index contributed by atoms with van der Waals surface area (Å²) in [4.78, 5) is 18.6. The van der Waals surface area contributed by atoms with Crippen LogP contribution in [0.1, 0.15) is 6.42 Å². The molecular weight excluding hydrogens is 276 g/mol. The van der Waals surface area contributed by atoms with E-state index in [1.54, 1.807) is 6.07 Å². The highest BCUT2D eigenvalue weighted by Gasteiger charge is 2.32. The Kier molecular flexibility index (Phi) is 3.40. The fourth-order valence-electron chi connectivity index (χ4n) is 2.28. The number of nitrogens with one attached hydrogen (secondary N) is 1. The molecule has 8 nitrogen and oxygen atoms in total. The van der Waals surface area contributed by atoms with Gasteiger partial charge in [0, 0.05) is 37.1 Å². The van der Waals surface area contributed by atoms with Crippen molar-refractivity contribution < 1.29 is 14.8 Å². The second-order valence-electron chi connectivity index (χ2n) is 5.06. The van der Waals surface area contributed by atoms with Crippen molar-refractivity contribution in [2.75, 3.05) is 25.1 Å². The first kappa shape index (κ1) is 13.7. The van der Waals surface area contributed by atoms with Crippen LogP contribution < -0.4 is 5.32 Å². The van der Waals surface area contributed by atoms with E-state index in [0.717, 1.165) is 0 Å². The molecule has 2 aromatic rings. The number of non-ortho nitro benzene ring substituents is 1. The van der Waals surface area contributed by atoms with Crippen molar-refractivity contribution in [3.8, 4) is 0 Å². The van der Waals surface area contributed by atoms with E-state index in [9.17, 15) is 15.2 Å². The molecule has 1 fully saturated rings.